The Morgan fingerprint density at radius 1 is 1.17 bits per heavy atom. The van der Waals surface area contributed by atoms with Crippen molar-refractivity contribution in [3.63, 3.8) is 0 Å². The zero-order valence-corrected chi connectivity index (χ0v) is 16.2. The van der Waals surface area contributed by atoms with E-state index < -0.39 is 0 Å². The van der Waals surface area contributed by atoms with E-state index in [2.05, 4.69) is 39.7 Å². The molecular weight excluding hydrogens is 366 g/mol. The molecule has 0 aliphatic heterocycles. The second-order valence-electron chi connectivity index (χ2n) is 6.89. The molecule has 2 aromatic carbocycles. The number of aromatic amines is 1. The van der Waals surface area contributed by atoms with Crippen LogP contribution < -0.4 is 10.1 Å². The first kappa shape index (κ1) is 18.8. The zero-order valence-electron chi connectivity index (χ0n) is 16.2. The van der Waals surface area contributed by atoms with Crippen LogP contribution in [-0.2, 0) is 11.2 Å². The molecule has 29 heavy (non-hydrogen) atoms. The molecular formula is C23H23N3O3. The highest BCUT2D eigenvalue weighted by atomic mass is 16.5. The average molecular weight is 389 g/mol. The zero-order chi connectivity index (χ0) is 20.1. The fraction of sp³-hybridized carbons (Fsp3) is 0.217. The molecule has 6 nitrogen and oxygen atoms in total. The van der Waals surface area contributed by atoms with Gasteiger partial charge in [0.1, 0.15) is 5.76 Å². The van der Waals surface area contributed by atoms with Crippen LogP contribution >= 0.6 is 0 Å². The number of carbonyl (C=O) groups is 1. The Hall–Kier alpha value is -3.54. The molecule has 0 fully saturated rings. The molecule has 0 aliphatic carbocycles. The molecule has 0 bridgehead atoms. The topological polar surface area (TPSA) is 80.1 Å². The first-order chi connectivity index (χ1) is 14.2. The van der Waals surface area contributed by atoms with Crippen LogP contribution in [0.4, 0.5) is 0 Å². The van der Waals surface area contributed by atoms with Crippen LogP contribution in [0.25, 0.3) is 10.9 Å². The van der Waals surface area contributed by atoms with Crippen LogP contribution in [0.1, 0.15) is 29.2 Å². The van der Waals surface area contributed by atoms with E-state index in [-0.39, 0.29) is 11.8 Å². The van der Waals surface area contributed by atoms with E-state index in [0.717, 1.165) is 11.1 Å². The number of aromatic nitrogens is 2. The highest BCUT2D eigenvalue weighted by Crippen LogP contribution is 2.30. The summed E-state index contributed by atoms with van der Waals surface area (Å²) < 4.78 is 10.1. The molecule has 0 aliphatic rings. The molecule has 1 atom stereocenters. The first-order valence-corrected chi connectivity index (χ1v) is 9.62. The number of ether oxygens (including phenoxy) is 1. The summed E-state index contributed by atoms with van der Waals surface area (Å²) in [6.45, 7) is 0.518. The summed E-state index contributed by atoms with van der Waals surface area (Å²) in [7, 11) is 1.53. The maximum Gasteiger partial charge on any atom is 0.254 e. The Kier molecular flexibility index (Phi) is 5.61. The van der Waals surface area contributed by atoms with Crippen molar-refractivity contribution in [2.45, 2.75) is 18.8 Å². The molecule has 2 heterocycles. The van der Waals surface area contributed by atoms with E-state index in [1.165, 1.54) is 18.1 Å². The van der Waals surface area contributed by atoms with E-state index in [0.29, 0.717) is 31.0 Å². The van der Waals surface area contributed by atoms with Gasteiger partial charge in [-0.2, -0.15) is 0 Å². The number of aryl methyl sites for hydroxylation is 1. The molecule has 6 heteroatoms. The van der Waals surface area contributed by atoms with Crippen LogP contribution in [0.3, 0.4) is 0 Å². The lowest BCUT2D eigenvalue weighted by Crippen LogP contribution is -2.29. The van der Waals surface area contributed by atoms with Crippen molar-refractivity contribution in [3.8, 4) is 5.88 Å². The fourth-order valence-electron chi connectivity index (χ4n) is 3.52. The lowest BCUT2D eigenvalue weighted by atomic mass is 9.91. The molecule has 2 aromatic heterocycles. The summed E-state index contributed by atoms with van der Waals surface area (Å²) in [5.74, 6) is 1.08. The van der Waals surface area contributed by atoms with Gasteiger partial charge in [0.15, 0.2) is 0 Å². The minimum absolute atomic E-state index is 0.0267. The third-order valence-electron chi connectivity index (χ3n) is 5.05. The van der Waals surface area contributed by atoms with Crippen LogP contribution in [0, 0.1) is 0 Å². The van der Waals surface area contributed by atoms with Gasteiger partial charge in [-0.15, -0.1) is 0 Å². The lowest BCUT2D eigenvalue weighted by molar-refractivity contribution is -0.121. The Bertz CT molecular complexity index is 1080. The van der Waals surface area contributed by atoms with Gasteiger partial charge in [0, 0.05) is 48.5 Å². The summed E-state index contributed by atoms with van der Waals surface area (Å²) in [5, 5.41) is 8.01. The van der Waals surface area contributed by atoms with Crippen molar-refractivity contribution in [1.82, 2.24) is 15.5 Å². The standard InChI is InChI=1S/C23H23N3O3/c1-28-23-13-17(29-26-23)11-12-22(27)25-14-19(16-7-3-2-4-8-16)20-15-24-21-10-6-5-9-18(20)21/h2-10,13,15,19,24H,11-12,14H2,1H3,(H,25,27)/t19-/m1/s1. The Morgan fingerprint density at radius 3 is 2.76 bits per heavy atom. The second kappa shape index (κ2) is 8.65. The van der Waals surface area contributed by atoms with Crippen molar-refractivity contribution in [3.05, 3.63) is 83.7 Å². The van der Waals surface area contributed by atoms with Crippen LogP contribution in [0.5, 0.6) is 5.88 Å². The predicted octanol–water partition coefficient (Wildman–Crippen LogP) is 4.05. The van der Waals surface area contributed by atoms with Crippen LogP contribution in [0.2, 0.25) is 0 Å². The first-order valence-electron chi connectivity index (χ1n) is 9.62. The highest BCUT2D eigenvalue weighted by Gasteiger charge is 2.19. The number of H-pyrrole nitrogens is 1. The predicted molar refractivity (Wildman–Crippen MR) is 111 cm³/mol. The maximum absolute atomic E-state index is 12.4. The van der Waals surface area contributed by atoms with Gasteiger partial charge >= 0.3 is 0 Å². The van der Waals surface area contributed by atoms with Gasteiger partial charge in [-0.1, -0.05) is 48.5 Å². The summed E-state index contributed by atoms with van der Waals surface area (Å²) in [6, 6.07) is 20.2. The molecule has 2 N–H and O–H groups in total. The molecule has 1 amide bonds. The number of nitrogens with one attached hydrogen (secondary N) is 2. The SMILES string of the molecule is COc1cc(CCC(=O)NC[C@H](c2ccccc2)c2c[nH]c3ccccc23)on1. The number of carbonyl (C=O) groups excluding carboxylic acids is 1. The Labute approximate surface area is 168 Å². The van der Waals surface area contributed by atoms with E-state index in [4.69, 9.17) is 9.26 Å². The number of hydrogen-bond donors (Lipinski definition) is 2. The number of hydrogen-bond acceptors (Lipinski definition) is 4. The summed E-state index contributed by atoms with van der Waals surface area (Å²) >= 11 is 0. The van der Waals surface area contributed by atoms with Gasteiger partial charge < -0.3 is 19.6 Å². The smallest absolute Gasteiger partial charge is 0.254 e. The van der Waals surface area contributed by atoms with Crippen molar-refractivity contribution >= 4 is 16.8 Å². The van der Waals surface area contributed by atoms with E-state index in [1.54, 1.807) is 6.07 Å². The number of nitrogens with zero attached hydrogens (tertiary/aromatic N) is 1. The largest absolute Gasteiger partial charge is 0.479 e. The molecule has 4 aromatic rings. The lowest BCUT2D eigenvalue weighted by Gasteiger charge is -2.18. The molecule has 0 saturated carbocycles. The van der Waals surface area contributed by atoms with E-state index >= 15 is 0 Å². The number of para-hydroxylation sites is 1. The van der Waals surface area contributed by atoms with Gasteiger partial charge in [0.2, 0.25) is 5.91 Å². The van der Waals surface area contributed by atoms with Crippen molar-refractivity contribution in [2.75, 3.05) is 13.7 Å². The minimum atomic E-state index is -0.0267. The molecule has 4 rings (SSSR count). The van der Waals surface area contributed by atoms with Gasteiger partial charge in [-0.25, -0.2) is 0 Å². The monoisotopic (exact) mass is 389 g/mol. The minimum Gasteiger partial charge on any atom is -0.479 e. The number of fused-ring (bicyclic) bond motifs is 1. The summed E-state index contributed by atoms with van der Waals surface area (Å²) in [5.41, 5.74) is 3.43. The van der Waals surface area contributed by atoms with Crippen molar-refractivity contribution in [2.24, 2.45) is 0 Å². The maximum atomic E-state index is 12.4. The third-order valence-corrected chi connectivity index (χ3v) is 5.05. The van der Waals surface area contributed by atoms with E-state index in [1.807, 2.05) is 36.5 Å². The summed E-state index contributed by atoms with van der Waals surface area (Å²) in [6.07, 6.45) is 2.84. The quantitative estimate of drug-likeness (QED) is 0.476. The third kappa shape index (κ3) is 4.32. The van der Waals surface area contributed by atoms with Gasteiger partial charge in [0.05, 0.1) is 7.11 Å². The number of methoxy groups -OCH3 is 1. The molecule has 0 saturated heterocycles. The van der Waals surface area contributed by atoms with Crippen molar-refractivity contribution in [1.29, 1.82) is 0 Å². The molecule has 0 unspecified atom stereocenters. The Morgan fingerprint density at radius 2 is 1.97 bits per heavy atom. The van der Waals surface area contributed by atoms with E-state index in [9.17, 15) is 4.79 Å². The molecule has 148 valence electrons. The van der Waals surface area contributed by atoms with Gasteiger partial charge in [-0.3, -0.25) is 4.79 Å². The number of benzene rings is 2. The average Bonchev–Trinajstić information content (AvgIpc) is 3.40. The second-order valence-corrected chi connectivity index (χ2v) is 6.89. The van der Waals surface area contributed by atoms with Crippen molar-refractivity contribution < 1.29 is 14.1 Å². The Balaban J connectivity index is 1.47. The molecule has 0 radical (unpaired) electrons. The van der Waals surface area contributed by atoms with Gasteiger partial charge in [0.25, 0.3) is 5.88 Å². The van der Waals surface area contributed by atoms with Crippen LogP contribution in [0.15, 0.2) is 71.4 Å². The number of rotatable bonds is 8. The molecule has 0 spiro atoms. The van der Waals surface area contributed by atoms with Gasteiger partial charge in [-0.05, 0) is 22.3 Å². The normalized spacial score (nSPS) is 12.0. The van der Waals surface area contributed by atoms with Crippen LogP contribution in [-0.4, -0.2) is 29.7 Å². The number of amides is 1. The highest BCUT2D eigenvalue weighted by molar-refractivity contribution is 5.84. The summed E-state index contributed by atoms with van der Waals surface area (Å²) in [4.78, 5) is 15.8. The fourth-order valence-corrected chi connectivity index (χ4v) is 3.52.